The first kappa shape index (κ1) is 20.4. The molecule has 0 amide bonds. The molecule has 0 radical (unpaired) electrons. The van der Waals surface area contributed by atoms with Crippen molar-refractivity contribution in [1.29, 1.82) is 0 Å². The van der Waals surface area contributed by atoms with Gasteiger partial charge >= 0.3 is 6.18 Å². The van der Waals surface area contributed by atoms with E-state index in [2.05, 4.69) is 22.1 Å². The number of guanidine groups is 1. The Morgan fingerprint density at radius 2 is 1.96 bits per heavy atom. The molecule has 1 saturated heterocycles. The van der Waals surface area contributed by atoms with Gasteiger partial charge in [-0.1, -0.05) is 13.0 Å². The summed E-state index contributed by atoms with van der Waals surface area (Å²) in [5.74, 6) is 0.487. The third-order valence-corrected chi connectivity index (χ3v) is 4.37. The maximum absolute atomic E-state index is 12.8. The average Bonchev–Trinajstić information content (AvgIpc) is 2.63. The van der Waals surface area contributed by atoms with E-state index in [1.165, 1.54) is 12.1 Å². The lowest BCUT2D eigenvalue weighted by Crippen LogP contribution is -2.47. The molecular weight excluding hydrogens is 343 g/mol. The average molecular weight is 371 g/mol. The predicted molar refractivity (Wildman–Crippen MR) is 99.5 cm³/mol. The molecule has 0 atom stereocenters. The normalized spacial score (nSPS) is 16.8. The number of nitrogens with one attached hydrogen (secondary N) is 1. The Bertz CT molecular complexity index is 580. The zero-order valence-corrected chi connectivity index (χ0v) is 15.2. The molecule has 2 rings (SSSR count). The van der Waals surface area contributed by atoms with Gasteiger partial charge in [-0.25, -0.2) is 0 Å². The number of aliphatic imine (C=N–C) groups is 1. The van der Waals surface area contributed by atoms with Crippen LogP contribution in [0.25, 0.3) is 0 Å². The van der Waals surface area contributed by atoms with Gasteiger partial charge in [-0.05, 0) is 37.6 Å². The minimum atomic E-state index is -4.30. The third kappa shape index (κ3) is 6.40. The molecule has 1 aromatic carbocycles. The molecule has 0 saturated carbocycles. The van der Waals surface area contributed by atoms with E-state index in [-0.39, 0.29) is 0 Å². The van der Waals surface area contributed by atoms with Crippen molar-refractivity contribution < 1.29 is 13.2 Å². The summed E-state index contributed by atoms with van der Waals surface area (Å²) in [6.07, 6.45) is -2.38. The van der Waals surface area contributed by atoms with Crippen molar-refractivity contribution in [2.75, 3.05) is 50.7 Å². The van der Waals surface area contributed by atoms with Crippen LogP contribution < -0.4 is 16.0 Å². The zero-order chi connectivity index (χ0) is 19.0. The number of hydrogen-bond donors (Lipinski definition) is 2. The minimum Gasteiger partial charge on any atom is -0.370 e. The number of hydrogen-bond acceptors (Lipinski definition) is 3. The molecule has 26 heavy (non-hydrogen) atoms. The Kier molecular flexibility index (Phi) is 7.56. The molecule has 0 aliphatic carbocycles. The van der Waals surface area contributed by atoms with Crippen molar-refractivity contribution in [2.24, 2.45) is 10.7 Å². The van der Waals surface area contributed by atoms with Crippen LogP contribution in [-0.4, -0.2) is 56.7 Å². The third-order valence-electron chi connectivity index (χ3n) is 4.37. The van der Waals surface area contributed by atoms with Crippen LogP contribution in [0, 0.1) is 0 Å². The van der Waals surface area contributed by atoms with Crippen LogP contribution >= 0.6 is 0 Å². The van der Waals surface area contributed by atoms with E-state index in [9.17, 15) is 13.2 Å². The lowest BCUT2D eigenvalue weighted by atomic mass is 10.1. The monoisotopic (exact) mass is 371 g/mol. The zero-order valence-electron chi connectivity index (χ0n) is 15.2. The Morgan fingerprint density at radius 3 is 2.62 bits per heavy atom. The van der Waals surface area contributed by atoms with E-state index in [1.54, 1.807) is 6.07 Å². The molecule has 0 unspecified atom stereocenters. The fraction of sp³-hybridized carbons (Fsp3) is 0.611. The molecule has 0 bridgehead atoms. The molecule has 1 aliphatic heterocycles. The number of benzene rings is 1. The highest BCUT2D eigenvalue weighted by atomic mass is 19.4. The topological polar surface area (TPSA) is 56.9 Å². The first-order chi connectivity index (χ1) is 12.4. The lowest BCUT2D eigenvalue weighted by Gasteiger charge is -2.36. The summed E-state index contributed by atoms with van der Waals surface area (Å²) in [5.41, 5.74) is 5.79. The van der Waals surface area contributed by atoms with E-state index in [0.717, 1.165) is 64.7 Å². The van der Waals surface area contributed by atoms with Crippen LogP contribution in [0.4, 0.5) is 18.9 Å². The highest BCUT2D eigenvalue weighted by Crippen LogP contribution is 2.31. The summed E-state index contributed by atoms with van der Waals surface area (Å²) in [7, 11) is 0. The van der Waals surface area contributed by atoms with E-state index >= 15 is 0 Å². The lowest BCUT2D eigenvalue weighted by molar-refractivity contribution is -0.137. The minimum absolute atomic E-state index is 0.487. The van der Waals surface area contributed by atoms with Gasteiger partial charge in [-0.3, -0.25) is 9.89 Å². The van der Waals surface area contributed by atoms with E-state index in [0.29, 0.717) is 11.6 Å². The Morgan fingerprint density at radius 1 is 1.23 bits per heavy atom. The van der Waals surface area contributed by atoms with Gasteiger partial charge in [-0.2, -0.15) is 13.2 Å². The van der Waals surface area contributed by atoms with Crippen molar-refractivity contribution in [3.05, 3.63) is 29.8 Å². The molecule has 1 aromatic rings. The second-order valence-electron chi connectivity index (χ2n) is 6.42. The number of nitrogens with two attached hydrogens (primary N) is 1. The quantitative estimate of drug-likeness (QED) is 0.439. The SMILES string of the molecule is CCCN=C(N)NCCCN1CCN(c2cccc(C(F)(F)F)c2)CC1. The molecule has 0 aromatic heterocycles. The van der Waals surface area contributed by atoms with Crippen LogP contribution in [0.1, 0.15) is 25.3 Å². The summed E-state index contributed by atoms with van der Waals surface area (Å²) in [6, 6.07) is 5.56. The number of anilines is 1. The standard InChI is InChI=1S/C18H28F3N5/c1-2-7-23-17(22)24-8-4-9-25-10-12-26(13-11-25)16-6-3-5-15(14-16)18(19,20)21/h3,5-6,14H,2,4,7-13H2,1H3,(H3,22,23,24). The number of nitrogens with zero attached hydrogens (tertiary/aromatic N) is 3. The molecule has 1 aliphatic rings. The highest BCUT2D eigenvalue weighted by Gasteiger charge is 2.31. The number of rotatable bonds is 7. The Balaban J connectivity index is 1.72. The molecule has 1 heterocycles. The van der Waals surface area contributed by atoms with Crippen LogP contribution in [0.2, 0.25) is 0 Å². The molecule has 0 spiro atoms. The van der Waals surface area contributed by atoms with Gasteiger partial charge in [0.2, 0.25) is 0 Å². The van der Waals surface area contributed by atoms with Gasteiger partial charge in [-0.15, -0.1) is 0 Å². The second kappa shape index (κ2) is 9.66. The summed E-state index contributed by atoms with van der Waals surface area (Å²) >= 11 is 0. The number of halogens is 3. The fourth-order valence-electron chi connectivity index (χ4n) is 2.92. The van der Waals surface area contributed by atoms with Crippen LogP contribution in [-0.2, 0) is 6.18 Å². The van der Waals surface area contributed by atoms with Crippen molar-refractivity contribution >= 4 is 11.6 Å². The maximum atomic E-state index is 12.8. The summed E-state index contributed by atoms with van der Waals surface area (Å²) < 4.78 is 38.5. The van der Waals surface area contributed by atoms with E-state index in [4.69, 9.17) is 5.73 Å². The summed E-state index contributed by atoms with van der Waals surface area (Å²) in [6.45, 7) is 7.64. The van der Waals surface area contributed by atoms with Crippen molar-refractivity contribution in [2.45, 2.75) is 25.9 Å². The van der Waals surface area contributed by atoms with Crippen molar-refractivity contribution in [1.82, 2.24) is 10.2 Å². The maximum Gasteiger partial charge on any atom is 0.416 e. The first-order valence-corrected chi connectivity index (χ1v) is 9.08. The van der Waals surface area contributed by atoms with Crippen molar-refractivity contribution in [3.63, 3.8) is 0 Å². The molecule has 146 valence electrons. The Labute approximate surface area is 153 Å². The van der Waals surface area contributed by atoms with Crippen LogP contribution in [0.5, 0.6) is 0 Å². The van der Waals surface area contributed by atoms with E-state index in [1.807, 2.05) is 4.90 Å². The highest BCUT2D eigenvalue weighted by molar-refractivity contribution is 5.77. The Hall–Kier alpha value is -1.96. The van der Waals surface area contributed by atoms with Crippen LogP contribution in [0.15, 0.2) is 29.3 Å². The van der Waals surface area contributed by atoms with Gasteiger partial charge in [0, 0.05) is 45.0 Å². The fourth-order valence-corrected chi connectivity index (χ4v) is 2.92. The van der Waals surface area contributed by atoms with E-state index < -0.39 is 11.7 Å². The van der Waals surface area contributed by atoms with Gasteiger partial charge in [0.15, 0.2) is 5.96 Å². The predicted octanol–water partition coefficient (Wildman–Crippen LogP) is 2.53. The smallest absolute Gasteiger partial charge is 0.370 e. The van der Waals surface area contributed by atoms with Gasteiger partial charge in [0.05, 0.1) is 5.56 Å². The number of piperazine rings is 1. The summed E-state index contributed by atoms with van der Waals surface area (Å²) in [5, 5.41) is 3.10. The van der Waals surface area contributed by atoms with Gasteiger partial charge < -0.3 is 16.0 Å². The second-order valence-corrected chi connectivity index (χ2v) is 6.42. The molecule has 3 N–H and O–H groups in total. The van der Waals surface area contributed by atoms with Gasteiger partial charge in [0.25, 0.3) is 0 Å². The largest absolute Gasteiger partial charge is 0.416 e. The summed E-state index contributed by atoms with van der Waals surface area (Å²) in [4.78, 5) is 8.52. The van der Waals surface area contributed by atoms with Crippen LogP contribution in [0.3, 0.4) is 0 Å². The molecular formula is C18H28F3N5. The molecule has 1 fully saturated rings. The molecule has 8 heteroatoms. The number of alkyl halides is 3. The van der Waals surface area contributed by atoms with Crippen molar-refractivity contribution in [3.8, 4) is 0 Å². The molecule has 5 nitrogen and oxygen atoms in total. The van der Waals surface area contributed by atoms with Gasteiger partial charge in [0.1, 0.15) is 0 Å². The first-order valence-electron chi connectivity index (χ1n) is 9.08.